The fraction of sp³-hybridized carbons (Fsp3) is 0. The number of amides is 1. The highest BCUT2D eigenvalue weighted by atomic mass is 32.2. The molecule has 0 radical (unpaired) electrons. The number of halogens is 1. The number of carbonyl (C=O) groups is 1. The van der Waals surface area contributed by atoms with Gasteiger partial charge in [-0.3, -0.25) is 9.69 Å². The van der Waals surface area contributed by atoms with Crippen LogP contribution in [0, 0.1) is 5.82 Å². The first-order valence-electron chi connectivity index (χ1n) is 6.39. The smallest absolute Gasteiger partial charge is 0.270 e. The van der Waals surface area contributed by atoms with Crippen LogP contribution in [0.3, 0.4) is 0 Å². The zero-order chi connectivity index (χ0) is 15.5. The zero-order valence-electron chi connectivity index (χ0n) is 11.2. The van der Waals surface area contributed by atoms with Gasteiger partial charge in [-0.1, -0.05) is 30.1 Å². The lowest BCUT2D eigenvalue weighted by atomic mass is 10.3. The Hall–Kier alpha value is -2.18. The Balaban J connectivity index is 1.80. The number of thiocarbonyl (C=S) groups is 1. The van der Waals surface area contributed by atoms with Crippen LogP contribution >= 0.6 is 24.0 Å². The Morgan fingerprint density at radius 2 is 2.00 bits per heavy atom. The molecule has 6 heteroatoms. The second-order valence-electron chi connectivity index (χ2n) is 4.39. The van der Waals surface area contributed by atoms with Crippen molar-refractivity contribution in [3.63, 3.8) is 0 Å². The third kappa shape index (κ3) is 3.03. The lowest BCUT2D eigenvalue weighted by Crippen LogP contribution is -2.27. The van der Waals surface area contributed by atoms with Gasteiger partial charge in [0.1, 0.15) is 11.6 Å². The summed E-state index contributed by atoms with van der Waals surface area (Å²) in [5.74, 6) is 0.127. The van der Waals surface area contributed by atoms with Crippen LogP contribution in [0.5, 0.6) is 0 Å². The second kappa shape index (κ2) is 6.29. The van der Waals surface area contributed by atoms with Crippen LogP contribution in [0.15, 0.2) is 64.1 Å². The van der Waals surface area contributed by atoms with Crippen molar-refractivity contribution in [3.05, 3.63) is 71.3 Å². The summed E-state index contributed by atoms with van der Waals surface area (Å²) in [6.45, 7) is 0. The number of anilines is 1. The van der Waals surface area contributed by atoms with Crippen LogP contribution in [0.1, 0.15) is 5.76 Å². The summed E-state index contributed by atoms with van der Waals surface area (Å²) in [5.41, 5.74) is 0.558. The standard InChI is InChI=1S/C16H10FNO2S2/c17-11-6-8-12(9-7-11)18-15(19)14(22-16(18)21)5-1-3-13-4-2-10-20-13/h1-10H/b3-1+,14-5-. The van der Waals surface area contributed by atoms with E-state index in [2.05, 4.69) is 0 Å². The molecule has 1 fully saturated rings. The first kappa shape index (κ1) is 14.7. The normalized spacial score (nSPS) is 17.1. The second-order valence-corrected chi connectivity index (χ2v) is 6.07. The van der Waals surface area contributed by atoms with Crippen molar-refractivity contribution in [1.29, 1.82) is 0 Å². The highest BCUT2D eigenvalue weighted by Crippen LogP contribution is 2.34. The quantitative estimate of drug-likeness (QED) is 0.617. The fourth-order valence-electron chi connectivity index (χ4n) is 1.91. The first-order chi connectivity index (χ1) is 10.6. The minimum absolute atomic E-state index is 0.217. The van der Waals surface area contributed by atoms with Crippen molar-refractivity contribution in [3.8, 4) is 0 Å². The van der Waals surface area contributed by atoms with Crippen LogP contribution in [-0.4, -0.2) is 10.2 Å². The molecule has 1 aliphatic heterocycles. The summed E-state index contributed by atoms with van der Waals surface area (Å²) in [6, 6.07) is 9.26. The van der Waals surface area contributed by atoms with E-state index in [4.69, 9.17) is 16.6 Å². The van der Waals surface area contributed by atoms with E-state index in [1.165, 1.54) is 40.9 Å². The molecule has 3 rings (SSSR count). The Labute approximate surface area is 136 Å². The predicted octanol–water partition coefficient (Wildman–Crippen LogP) is 4.38. The summed E-state index contributed by atoms with van der Waals surface area (Å²) >= 11 is 6.44. The number of rotatable bonds is 3. The third-order valence-corrected chi connectivity index (χ3v) is 4.25. The van der Waals surface area contributed by atoms with E-state index < -0.39 is 0 Å². The van der Waals surface area contributed by atoms with Gasteiger partial charge >= 0.3 is 0 Å². The van der Waals surface area contributed by atoms with Gasteiger partial charge in [0.25, 0.3) is 5.91 Å². The number of furan rings is 1. The van der Waals surface area contributed by atoms with E-state index in [1.807, 2.05) is 6.07 Å². The zero-order valence-corrected chi connectivity index (χ0v) is 12.9. The lowest BCUT2D eigenvalue weighted by Gasteiger charge is -2.13. The minimum atomic E-state index is -0.355. The van der Waals surface area contributed by atoms with Crippen LogP contribution < -0.4 is 4.90 Å². The summed E-state index contributed by atoms with van der Waals surface area (Å²) in [5, 5.41) is 0. The Morgan fingerprint density at radius 3 is 2.68 bits per heavy atom. The topological polar surface area (TPSA) is 33.5 Å². The largest absolute Gasteiger partial charge is 0.465 e. The van der Waals surface area contributed by atoms with Crippen molar-refractivity contribution in [1.82, 2.24) is 0 Å². The van der Waals surface area contributed by atoms with Crippen LogP contribution in [0.25, 0.3) is 6.08 Å². The molecule has 3 nitrogen and oxygen atoms in total. The van der Waals surface area contributed by atoms with Crippen LogP contribution in [0.4, 0.5) is 10.1 Å². The van der Waals surface area contributed by atoms with Crippen molar-refractivity contribution >= 4 is 46.0 Å². The van der Waals surface area contributed by atoms with Gasteiger partial charge in [-0.2, -0.15) is 0 Å². The number of allylic oxidation sites excluding steroid dienone is 2. The van der Waals surface area contributed by atoms with E-state index in [0.29, 0.717) is 20.7 Å². The average Bonchev–Trinajstić information content (AvgIpc) is 3.10. The predicted molar refractivity (Wildman–Crippen MR) is 89.9 cm³/mol. The number of carbonyl (C=O) groups excluding carboxylic acids is 1. The van der Waals surface area contributed by atoms with Crippen LogP contribution in [0.2, 0.25) is 0 Å². The van der Waals surface area contributed by atoms with E-state index in [1.54, 1.807) is 30.6 Å². The summed E-state index contributed by atoms with van der Waals surface area (Å²) < 4.78 is 18.6. The highest BCUT2D eigenvalue weighted by Gasteiger charge is 2.32. The minimum Gasteiger partial charge on any atom is -0.465 e. The SMILES string of the molecule is O=C1/C(=C/C=C/c2ccco2)SC(=S)N1c1ccc(F)cc1. The molecular weight excluding hydrogens is 321 g/mol. The molecule has 0 atom stereocenters. The Bertz CT molecular complexity index is 764. The van der Waals surface area contributed by atoms with Gasteiger partial charge in [0.15, 0.2) is 4.32 Å². The molecule has 1 saturated heterocycles. The summed E-state index contributed by atoms with van der Waals surface area (Å²) in [7, 11) is 0. The van der Waals surface area contributed by atoms with Gasteiger partial charge in [-0.25, -0.2) is 4.39 Å². The maximum atomic E-state index is 13.0. The molecule has 22 heavy (non-hydrogen) atoms. The van der Waals surface area contributed by atoms with Gasteiger partial charge in [0.05, 0.1) is 16.9 Å². The number of benzene rings is 1. The number of nitrogens with zero attached hydrogens (tertiary/aromatic N) is 1. The van der Waals surface area contributed by atoms with Gasteiger partial charge < -0.3 is 4.42 Å². The molecule has 110 valence electrons. The average molecular weight is 331 g/mol. The van der Waals surface area contributed by atoms with Gasteiger partial charge in [-0.05, 0) is 48.6 Å². The van der Waals surface area contributed by atoms with Crippen molar-refractivity contribution in [2.45, 2.75) is 0 Å². The molecular formula is C16H10FNO2S2. The first-order valence-corrected chi connectivity index (χ1v) is 7.61. The lowest BCUT2D eigenvalue weighted by molar-refractivity contribution is -0.113. The number of thioether (sulfide) groups is 1. The molecule has 0 spiro atoms. The molecule has 0 bridgehead atoms. The fourth-order valence-corrected chi connectivity index (χ4v) is 3.16. The van der Waals surface area contributed by atoms with Gasteiger partial charge in [-0.15, -0.1) is 0 Å². The van der Waals surface area contributed by atoms with E-state index >= 15 is 0 Å². The molecule has 1 aliphatic rings. The molecule has 0 N–H and O–H groups in total. The van der Waals surface area contributed by atoms with Crippen molar-refractivity contribution in [2.24, 2.45) is 0 Å². The molecule has 1 aromatic heterocycles. The Kier molecular flexibility index (Phi) is 4.22. The number of hydrogen-bond donors (Lipinski definition) is 0. The van der Waals surface area contributed by atoms with Gasteiger partial charge in [0, 0.05) is 0 Å². The molecule has 2 heterocycles. The maximum Gasteiger partial charge on any atom is 0.270 e. The van der Waals surface area contributed by atoms with Crippen molar-refractivity contribution < 1.29 is 13.6 Å². The molecule has 0 saturated carbocycles. The van der Waals surface area contributed by atoms with E-state index in [0.717, 1.165) is 0 Å². The third-order valence-electron chi connectivity index (χ3n) is 2.93. The summed E-state index contributed by atoms with van der Waals surface area (Å²) in [4.78, 5) is 14.3. The maximum absolute atomic E-state index is 13.0. The van der Waals surface area contributed by atoms with Crippen LogP contribution in [-0.2, 0) is 4.79 Å². The summed E-state index contributed by atoms with van der Waals surface area (Å²) in [6.07, 6.45) is 6.75. The molecule has 0 unspecified atom stereocenters. The van der Waals surface area contributed by atoms with E-state index in [9.17, 15) is 9.18 Å². The van der Waals surface area contributed by atoms with Crippen molar-refractivity contribution in [2.75, 3.05) is 4.90 Å². The highest BCUT2D eigenvalue weighted by molar-refractivity contribution is 8.27. The van der Waals surface area contributed by atoms with Gasteiger partial charge in [0.2, 0.25) is 0 Å². The van der Waals surface area contributed by atoms with E-state index in [-0.39, 0.29) is 11.7 Å². The monoisotopic (exact) mass is 331 g/mol. The number of hydrogen-bond acceptors (Lipinski definition) is 4. The molecule has 2 aromatic rings. The molecule has 1 aromatic carbocycles. The Morgan fingerprint density at radius 1 is 1.23 bits per heavy atom. The molecule has 0 aliphatic carbocycles. The molecule has 1 amide bonds.